The smallest absolute Gasteiger partial charge is 0.294 e. The van der Waals surface area contributed by atoms with Crippen LogP contribution >= 0.6 is 0 Å². The molecule has 0 bridgehead atoms. The normalized spacial score (nSPS) is 10.0. The predicted octanol–water partition coefficient (Wildman–Crippen LogP) is 1.42. The molecule has 0 aliphatic heterocycles. The van der Waals surface area contributed by atoms with Gasteiger partial charge in [-0.05, 0) is 6.92 Å². The van der Waals surface area contributed by atoms with Crippen LogP contribution in [0.5, 0.6) is 0 Å². The molecular weight excluding hydrogens is 198 g/mol. The Bertz CT molecular complexity index is 354. The van der Waals surface area contributed by atoms with E-state index in [2.05, 4.69) is 5.43 Å². The minimum atomic E-state index is -0.482. The maximum Gasteiger partial charge on any atom is 0.294 e. The van der Waals surface area contributed by atoms with Crippen LogP contribution in [0.15, 0.2) is 18.2 Å². The van der Waals surface area contributed by atoms with E-state index in [-0.39, 0.29) is 5.69 Å². The van der Waals surface area contributed by atoms with Crippen LogP contribution in [-0.4, -0.2) is 11.5 Å². The second kappa shape index (κ2) is 5.28. The number of benzene rings is 1. The first kappa shape index (κ1) is 11.4. The van der Waals surface area contributed by atoms with Crippen molar-refractivity contribution in [3.8, 4) is 0 Å². The molecule has 6 heteroatoms. The fourth-order valence-corrected chi connectivity index (χ4v) is 1.24. The Labute approximate surface area is 87.2 Å². The first-order chi connectivity index (χ1) is 7.20. The van der Waals surface area contributed by atoms with Crippen LogP contribution in [0.2, 0.25) is 0 Å². The average molecular weight is 211 g/mol. The summed E-state index contributed by atoms with van der Waals surface area (Å²) in [6.45, 7) is 2.71. The second-order valence-electron chi connectivity index (χ2n) is 2.85. The van der Waals surface area contributed by atoms with Crippen LogP contribution in [0, 0.1) is 10.1 Å². The Morgan fingerprint density at radius 2 is 2.33 bits per heavy atom. The number of hydrogen-bond acceptors (Lipinski definition) is 5. The van der Waals surface area contributed by atoms with Crippen molar-refractivity contribution in [2.45, 2.75) is 13.5 Å². The number of hydrazine groups is 1. The molecule has 0 spiro atoms. The summed E-state index contributed by atoms with van der Waals surface area (Å²) in [4.78, 5) is 10.2. The molecule has 15 heavy (non-hydrogen) atoms. The lowest BCUT2D eigenvalue weighted by molar-refractivity contribution is -0.384. The highest BCUT2D eigenvalue weighted by Gasteiger charge is 2.15. The molecule has 1 rings (SSSR count). The molecule has 0 aliphatic carbocycles. The zero-order valence-electron chi connectivity index (χ0n) is 8.40. The van der Waals surface area contributed by atoms with Crippen molar-refractivity contribution in [2.24, 2.45) is 5.84 Å². The van der Waals surface area contributed by atoms with E-state index in [1.165, 1.54) is 6.07 Å². The maximum absolute atomic E-state index is 10.7. The minimum absolute atomic E-state index is 0.0466. The van der Waals surface area contributed by atoms with Gasteiger partial charge < -0.3 is 10.2 Å². The van der Waals surface area contributed by atoms with Gasteiger partial charge in [0.25, 0.3) is 5.69 Å². The van der Waals surface area contributed by atoms with Crippen molar-refractivity contribution >= 4 is 11.4 Å². The molecule has 82 valence electrons. The zero-order valence-corrected chi connectivity index (χ0v) is 8.40. The number of nitrogens with two attached hydrogens (primary N) is 1. The second-order valence-corrected chi connectivity index (χ2v) is 2.85. The molecule has 1 aromatic carbocycles. The Hall–Kier alpha value is -1.66. The SMILES string of the molecule is CCOCc1cccc([N+](=O)[O-])c1NN. The van der Waals surface area contributed by atoms with E-state index in [1.807, 2.05) is 6.92 Å². The van der Waals surface area contributed by atoms with Gasteiger partial charge in [0.2, 0.25) is 0 Å². The summed E-state index contributed by atoms with van der Waals surface area (Å²) in [5, 5.41) is 10.7. The predicted molar refractivity (Wildman–Crippen MR) is 56.2 cm³/mol. The Morgan fingerprint density at radius 1 is 1.60 bits per heavy atom. The van der Waals surface area contributed by atoms with Gasteiger partial charge in [-0.3, -0.25) is 16.0 Å². The van der Waals surface area contributed by atoms with E-state index >= 15 is 0 Å². The van der Waals surface area contributed by atoms with Crippen LogP contribution in [0.3, 0.4) is 0 Å². The van der Waals surface area contributed by atoms with E-state index in [0.717, 1.165) is 0 Å². The number of nitro groups is 1. The lowest BCUT2D eigenvalue weighted by Gasteiger charge is -2.08. The largest absolute Gasteiger partial charge is 0.377 e. The number of nitrogens with zero attached hydrogens (tertiary/aromatic N) is 1. The van der Waals surface area contributed by atoms with Crippen LogP contribution in [0.25, 0.3) is 0 Å². The summed E-state index contributed by atoms with van der Waals surface area (Å²) in [5.41, 5.74) is 3.26. The fourth-order valence-electron chi connectivity index (χ4n) is 1.24. The van der Waals surface area contributed by atoms with E-state index in [9.17, 15) is 10.1 Å². The number of nitrogen functional groups attached to an aromatic ring is 1. The fraction of sp³-hybridized carbons (Fsp3) is 0.333. The Balaban J connectivity index is 3.04. The van der Waals surface area contributed by atoms with Crippen LogP contribution in [0.1, 0.15) is 12.5 Å². The van der Waals surface area contributed by atoms with Crippen molar-refractivity contribution in [1.29, 1.82) is 0 Å². The van der Waals surface area contributed by atoms with Crippen LogP contribution in [-0.2, 0) is 11.3 Å². The van der Waals surface area contributed by atoms with Gasteiger partial charge >= 0.3 is 0 Å². The van der Waals surface area contributed by atoms with E-state index < -0.39 is 4.92 Å². The zero-order chi connectivity index (χ0) is 11.3. The van der Waals surface area contributed by atoms with Crippen LogP contribution < -0.4 is 11.3 Å². The Morgan fingerprint density at radius 3 is 2.87 bits per heavy atom. The quantitative estimate of drug-likeness (QED) is 0.436. The molecule has 0 saturated carbocycles. The third-order valence-electron chi connectivity index (χ3n) is 1.93. The van der Waals surface area contributed by atoms with Crippen molar-refractivity contribution in [2.75, 3.05) is 12.0 Å². The summed E-state index contributed by atoms with van der Waals surface area (Å²) in [6.07, 6.45) is 0. The average Bonchev–Trinajstić information content (AvgIpc) is 2.25. The molecule has 0 atom stereocenters. The molecule has 0 unspecified atom stereocenters. The number of anilines is 1. The monoisotopic (exact) mass is 211 g/mol. The Kier molecular flexibility index (Phi) is 4.02. The van der Waals surface area contributed by atoms with Crippen molar-refractivity contribution < 1.29 is 9.66 Å². The molecule has 3 N–H and O–H groups in total. The highest BCUT2D eigenvalue weighted by molar-refractivity contribution is 5.65. The highest BCUT2D eigenvalue weighted by atomic mass is 16.6. The lowest BCUT2D eigenvalue weighted by atomic mass is 10.1. The molecule has 0 fully saturated rings. The van der Waals surface area contributed by atoms with Gasteiger partial charge in [0.05, 0.1) is 11.5 Å². The van der Waals surface area contributed by atoms with Gasteiger partial charge in [-0.25, -0.2) is 0 Å². The number of para-hydroxylation sites is 1. The van der Waals surface area contributed by atoms with Gasteiger partial charge in [0.15, 0.2) is 0 Å². The third kappa shape index (κ3) is 2.64. The molecule has 0 heterocycles. The van der Waals surface area contributed by atoms with Gasteiger partial charge in [0.1, 0.15) is 5.69 Å². The maximum atomic E-state index is 10.7. The van der Waals surface area contributed by atoms with Gasteiger partial charge in [-0.15, -0.1) is 0 Å². The standard InChI is InChI=1S/C9H13N3O3/c1-2-15-6-7-4-3-5-8(12(13)14)9(7)11-10/h3-5,11H,2,6,10H2,1H3. The molecule has 0 aromatic heterocycles. The molecule has 0 radical (unpaired) electrons. The molecular formula is C9H13N3O3. The topological polar surface area (TPSA) is 90.4 Å². The van der Waals surface area contributed by atoms with Crippen LogP contribution in [0.4, 0.5) is 11.4 Å². The number of rotatable bonds is 5. The summed E-state index contributed by atoms with van der Waals surface area (Å²) in [5.74, 6) is 5.25. The lowest BCUT2D eigenvalue weighted by Crippen LogP contribution is -2.12. The van der Waals surface area contributed by atoms with Gasteiger partial charge in [-0.2, -0.15) is 0 Å². The molecule has 6 nitrogen and oxygen atoms in total. The molecule has 0 amide bonds. The van der Waals surface area contributed by atoms with Crippen molar-refractivity contribution in [1.82, 2.24) is 0 Å². The summed E-state index contributed by atoms with van der Waals surface area (Å²) in [7, 11) is 0. The van der Waals surface area contributed by atoms with E-state index in [1.54, 1.807) is 12.1 Å². The van der Waals surface area contributed by atoms with E-state index in [0.29, 0.717) is 24.5 Å². The number of nitrogens with one attached hydrogen (secondary N) is 1. The van der Waals surface area contributed by atoms with Gasteiger partial charge in [0, 0.05) is 18.2 Å². The van der Waals surface area contributed by atoms with Gasteiger partial charge in [-0.1, -0.05) is 12.1 Å². The number of ether oxygens (including phenoxy) is 1. The molecule has 0 aliphatic rings. The summed E-state index contributed by atoms with van der Waals surface area (Å²) in [6, 6.07) is 4.73. The number of hydrogen-bond donors (Lipinski definition) is 2. The first-order valence-electron chi connectivity index (χ1n) is 4.51. The molecule has 1 aromatic rings. The van der Waals surface area contributed by atoms with Crippen molar-refractivity contribution in [3.05, 3.63) is 33.9 Å². The van der Waals surface area contributed by atoms with Crippen molar-refractivity contribution in [3.63, 3.8) is 0 Å². The molecule has 0 saturated heterocycles. The summed E-state index contributed by atoms with van der Waals surface area (Å²) < 4.78 is 5.18. The minimum Gasteiger partial charge on any atom is -0.377 e. The number of nitro benzene ring substituents is 1. The third-order valence-corrected chi connectivity index (χ3v) is 1.93. The first-order valence-corrected chi connectivity index (χ1v) is 4.51. The van der Waals surface area contributed by atoms with E-state index in [4.69, 9.17) is 10.6 Å². The highest BCUT2D eigenvalue weighted by Crippen LogP contribution is 2.27. The summed E-state index contributed by atoms with van der Waals surface area (Å²) >= 11 is 0.